The van der Waals surface area contributed by atoms with Gasteiger partial charge in [0.2, 0.25) is 0 Å². The monoisotopic (exact) mass is 320 g/mol. The van der Waals surface area contributed by atoms with Gasteiger partial charge in [-0.2, -0.15) is 0 Å². The molecule has 0 aromatic carbocycles. The first-order valence-corrected chi connectivity index (χ1v) is 9.28. The van der Waals surface area contributed by atoms with Gasteiger partial charge in [0.15, 0.2) is 0 Å². The van der Waals surface area contributed by atoms with Gasteiger partial charge >= 0.3 is 0 Å². The van der Waals surface area contributed by atoms with Gasteiger partial charge in [0, 0.05) is 55.2 Å². The van der Waals surface area contributed by atoms with Gasteiger partial charge in [-0.25, -0.2) is 0 Å². The summed E-state index contributed by atoms with van der Waals surface area (Å²) in [6, 6.07) is 4.82. The molecule has 0 bridgehead atoms. The zero-order chi connectivity index (χ0) is 14.8. The third-order valence-corrected chi connectivity index (χ3v) is 6.65. The van der Waals surface area contributed by atoms with Gasteiger partial charge in [0.05, 0.1) is 12.7 Å². The molecule has 3 aliphatic heterocycles. The summed E-state index contributed by atoms with van der Waals surface area (Å²) in [4.78, 5) is 6.81. The number of pyridine rings is 1. The second-order valence-corrected chi connectivity index (χ2v) is 8.23. The lowest BCUT2D eigenvalue weighted by Gasteiger charge is -2.52. The number of hydrogen-bond donors (Lipinski definition) is 0. The van der Waals surface area contributed by atoms with Crippen molar-refractivity contribution in [2.75, 3.05) is 32.1 Å². The average Bonchev–Trinajstić information content (AvgIpc) is 2.98. The standard InChI is InChI=1S/C17H24N2O2S/c1-2-14(9-18-5-1)10-21-16-8-17(22-11-16)12-19(13-17)15-3-6-20-7-4-15/h1-2,5,9,15-16H,3-4,6-8,10-13H2. The molecular formula is C17H24N2O2S. The van der Waals surface area contributed by atoms with Crippen molar-refractivity contribution < 1.29 is 9.47 Å². The number of nitrogens with zero attached hydrogens (tertiary/aromatic N) is 2. The molecule has 120 valence electrons. The topological polar surface area (TPSA) is 34.6 Å². The van der Waals surface area contributed by atoms with Crippen molar-refractivity contribution in [3.05, 3.63) is 30.1 Å². The Morgan fingerprint density at radius 1 is 1.36 bits per heavy atom. The molecule has 3 saturated heterocycles. The van der Waals surface area contributed by atoms with E-state index in [2.05, 4.69) is 27.7 Å². The van der Waals surface area contributed by atoms with Gasteiger partial charge in [-0.05, 0) is 30.9 Å². The summed E-state index contributed by atoms with van der Waals surface area (Å²) in [5.41, 5.74) is 1.17. The van der Waals surface area contributed by atoms with Crippen LogP contribution < -0.4 is 0 Å². The Hall–Kier alpha value is -0.620. The van der Waals surface area contributed by atoms with Crippen molar-refractivity contribution in [3.63, 3.8) is 0 Å². The summed E-state index contributed by atoms with van der Waals surface area (Å²) in [6.45, 7) is 5.07. The molecule has 1 aromatic heterocycles. The molecule has 3 fully saturated rings. The normalized spacial score (nSPS) is 28.8. The maximum Gasteiger partial charge on any atom is 0.0736 e. The summed E-state index contributed by atoms with van der Waals surface area (Å²) < 4.78 is 12.0. The van der Waals surface area contributed by atoms with Gasteiger partial charge in [-0.3, -0.25) is 9.88 Å². The first-order valence-electron chi connectivity index (χ1n) is 8.29. The van der Waals surface area contributed by atoms with Crippen LogP contribution in [0.4, 0.5) is 0 Å². The van der Waals surface area contributed by atoms with Crippen LogP contribution >= 0.6 is 11.8 Å². The highest BCUT2D eigenvalue weighted by atomic mass is 32.2. The maximum absolute atomic E-state index is 6.10. The minimum absolute atomic E-state index is 0.405. The first kappa shape index (κ1) is 14.9. The van der Waals surface area contributed by atoms with Crippen molar-refractivity contribution >= 4 is 11.8 Å². The number of likely N-dealkylation sites (tertiary alicyclic amines) is 1. The van der Waals surface area contributed by atoms with E-state index in [0.29, 0.717) is 17.5 Å². The predicted molar refractivity (Wildman–Crippen MR) is 88.0 cm³/mol. The second kappa shape index (κ2) is 6.48. The second-order valence-electron chi connectivity index (χ2n) is 6.74. The molecular weight excluding hydrogens is 296 g/mol. The highest BCUT2D eigenvalue weighted by Crippen LogP contribution is 2.47. The summed E-state index contributed by atoms with van der Waals surface area (Å²) in [5.74, 6) is 1.14. The summed E-state index contributed by atoms with van der Waals surface area (Å²) in [6.07, 6.45) is 7.74. The van der Waals surface area contributed by atoms with Crippen LogP contribution in [0.1, 0.15) is 24.8 Å². The molecule has 5 heteroatoms. The smallest absolute Gasteiger partial charge is 0.0736 e. The molecule has 4 rings (SSSR count). The van der Waals surface area contributed by atoms with E-state index >= 15 is 0 Å². The van der Waals surface area contributed by atoms with Gasteiger partial charge < -0.3 is 9.47 Å². The molecule has 1 unspecified atom stereocenters. The molecule has 0 N–H and O–H groups in total. The zero-order valence-electron chi connectivity index (χ0n) is 12.9. The lowest BCUT2D eigenvalue weighted by molar-refractivity contribution is -0.0192. The van der Waals surface area contributed by atoms with Crippen LogP contribution in [0.5, 0.6) is 0 Å². The molecule has 0 radical (unpaired) electrons. The molecule has 4 heterocycles. The summed E-state index contributed by atoms with van der Waals surface area (Å²) >= 11 is 2.13. The summed E-state index contributed by atoms with van der Waals surface area (Å²) in [5, 5.41) is 0. The van der Waals surface area contributed by atoms with Crippen molar-refractivity contribution in [1.82, 2.24) is 9.88 Å². The molecule has 1 atom stereocenters. The molecule has 3 aliphatic rings. The van der Waals surface area contributed by atoms with Crippen LogP contribution in [-0.2, 0) is 16.1 Å². The van der Waals surface area contributed by atoms with E-state index in [1.54, 1.807) is 0 Å². The largest absolute Gasteiger partial charge is 0.381 e. The number of aromatic nitrogens is 1. The SMILES string of the molecule is c1cncc(COC2CSC3(C2)CN(C2CCOCC2)C3)c1. The fourth-order valence-corrected chi connectivity index (χ4v) is 5.40. The van der Waals surface area contributed by atoms with Crippen molar-refractivity contribution in [2.45, 2.75) is 42.8 Å². The van der Waals surface area contributed by atoms with Crippen LogP contribution in [0.15, 0.2) is 24.5 Å². The van der Waals surface area contributed by atoms with Gasteiger partial charge in [0.1, 0.15) is 0 Å². The molecule has 0 amide bonds. The number of rotatable bonds is 4. The lowest BCUT2D eigenvalue weighted by atomic mass is 9.89. The van der Waals surface area contributed by atoms with Crippen molar-refractivity contribution in [2.24, 2.45) is 0 Å². The Morgan fingerprint density at radius 3 is 3.00 bits per heavy atom. The van der Waals surface area contributed by atoms with Crippen LogP contribution in [0.3, 0.4) is 0 Å². The van der Waals surface area contributed by atoms with Crippen molar-refractivity contribution in [1.29, 1.82) is 0 Å². The minimum Gasteiger partial charge on any atom is -0.381 e. The van der Waals surface area contributed by atoms with E-state index in [-0.39, 0.29) is 0 Å². The van der Waals surface area contributed by atoms with E-state index < -0.39 is 0 Å². The highest BCUT2D eigenvalue weighted by molar-refractivity contribution is 8.01. The Morgan fingerprint density at radius 2 is 2.23 bits per heavy atom. The lowest BCUT2D eigenvalue weighted by Crippen LogP contribution is -2.62. The molecule has 4 nitrogen and oxygen atoms in total. The van der Waals surface area contributed by atoms with E-state index in [0.717, 1.165) is 25.0 Å². The Bertz CT molecular complexity index is 487. The molecule has 0 aliphatic carbocycles. The van der Waals surface area contributed by atoms with Gasteiger partial charge in [0.25, 0.3) is 0 Å². The molecule has 0 saturated carbocycles. The number of thioether (sulfide) groups is 1. The van der Waals surface area contributed by atoms with Crippen LogP contribution in [0.2, 0.25) is 0 Å². The molecule has 1 spiro atoms. The zero-order valence-corrected chi connectivity index (χ0v) is 13.8. The average molecular weight is 320 g/mol. The van der Waals surface area contributed by atoms with Gasteiger partial charge in [-0.15, -0.1) is 11.8 Å². The number of hydrogen-bond acceptors (Lipinski definition) is 5. The quantitative estimate of drug-likeness (QED) is 0.851. The Labute approximate surface area is 136 Å². The van der Waals surface area contributed by atoms with Crippen molar-refractivity contribution in [3.8, 4) is 0 Å². The van der Waals surface area contributed by atoms with Crippen LogP contribution in [0.25, 0.3) is 0 Å². The number of ether oxygens (including phenoxy) is 2. The fourth-order valence-electron chi connectivity index (χ4n) is 3.83. The third kappa shape index (κ3) is 3.18. The predicted octanol–water partition coefficient (Wildman–Crippen LogP) is 2.34. The highest BCUT2D eigenvalue weighted by Gasteiger charge is 2.50. The first-order chi connectivity index (χ1) is 10.8. The summed E-state index contributed by atoms with van der Waals surface area (Å²) in [7, 11) is 0. The Kier molecular flexibility index (Phi) is 4.40. The fraction of sp³-hybridized carbons (Fsp3) is 0.706. The van der Waals surface area contributed by atoms with E-state index in [9.17, 15) is 0 Å². The van der Waals surface area contributed by atoms with Crippen LogP contribution in [0, 0.1) is 0 Å². The maximum atomic E-state index is 6.10. The Balaban J connectivity index is 1.23. The van der Waals surface area contributed by atoms with E-state index in [1.165, 1.54) is 37.9 Å². The third-order valence-electron chi connectivity index (χ3n) is 5.07. The van der Waals surface area contributed by atoms with E-state index in [4.69, 9.17) is 9.47 Å². The minimum atomic E-state index is 0.405. The van der Waals surface area contributed by atoms with E-state index in [1.807, 2.05) is 18.5 Å². The van der Waals surface area contributed by atoms with Gasteiger partial charge in [-0.1, -0.05) is 6.07 Å². The molecule has 1 aromatic rings. The van der Waals surface area contributed by atoms with Crippen LogP contribution in [-0.4, -0.2) is 58.8 Å². The molecule has 22 heavy (non-hydrogen) atoms.